The van der Waals surface area contributed by atoms with Crippen LogP contribution in [0.3, 0.4) is 0 Å². The molecule has 0 amide bonds. The van der Waals surface area contributed by atoms with Crippen molar-refractivity contribution in [3.8, 4) is 5.75 Å². The standard InChI is InChI=1S/C11H16Cl2N2O/c12-10-8(3-4-9(16)11(10)13)7-15-6-2-1-5-14/h3-4,15-16H,1-2,5-7,14H2. The van der Waals surface area contributed by atoms with Crippen molar-refractivity contribution in [2.45, 2.75) is 19.4 Å². The average Bonchev–Trinajstić information content (AvgIpc) is 2.28. The molecule has 0 aliphatic carbocycles. The molecule has 1 rings (SSSR count). The van der Waals surface area contributed by atoms with Crippen molar-refractivity contribution in [3.63, 3.8) is 0 Å². The van der Waals surface area contributed by atoms with E-state index in [2.05, 4.69) is 5.32 Å². The van der Waals surface area contributed by atoms with Crippen molar-refractivity contribution in [2.24, 2.45) is 5.73 Å². The van der Waals surface area contributed by atoms with Gasteiger partial charge in [-0.15, -0.1) is 0 Å². The van der Waals surface area contributed by atoms with E-state index in [0.29, 0.717) is 18.1 Å². The van der Waals surface area contributed by atoms with Gasteiger partial charge in [0.15, 0.2) is 0 Å². The second-order valence-electron chi connectivity index (χ2n) is 3.54. The lowest BCUT2D eigenvalue weighted by atomic mass is 10.2. The molecule has 0 radical (unpaired) electrons. The van der Waals surface area contributed by atoms with Crippen LogP contribution in [0.4, 0.5) is 0 Å². The Morgan fingerprint density at radius 3 is 2.62 bits per heavy atom. The van der Waals surface area contributed by atoms with Gasteiger partial charge in [0.1, 0.15) is 10.8 Å². The highest BCUT2D eigenvalue weighted by Crippen LogP contribution is 2.33. The summed E-state index contributed by atoms with van der Waals surface area (Å²) in [6.45, 7) is 2.25. The second kappa shape index (κ2) is 6.97. The van der Waals surface area contributed by atoms with Gasteiger partial charge < -0.3 is 16.2 Å². The van der Waals surface area contributed by atoms with E-state index >= 15 is 0 Å². The van der Waals surface area contributed by atoms with E-state index in [9.17, 15) is 5.11 Å². The van der Waals surface area contributed by atoms with E-state index < -0.39 is 0 Å². The number of benzene rings is 1. The zero-order valence-electron chi connectivity index (χ0n) is 8.97. The van der Waals surface area contributed by atoms with Crippen molar-refractivity contribution in [3.05, 3.63) is 27.7 Å². The summed E-state index contributed by atoms with van der Waals surface area (Å²) in [6.07, 6.45) is 2.05. The molecule has 4 N–H and O–H groups in total. The van der Waals surface area contributed by atoms with E-state index in [0.717, 1.165) is 24.9 Å². The van der Waals surface area contributed by atoms with Gasteiger partial charge in [-0.3, -0.25) is 0 Å². The van der Waals surface area contributed by atoms with E-state index in [1.54, 1.807) is 12.1 Å². The predicted octanol–water partition coefficient (Wildman–Crippen LogP) is 2.53. The van der Waals surface area contributed by atoms with Gasteiger partial charge in [-0.2, -0.15) is 0 Å². The van der Waals surface area contributed by atoms with Gasteiger partial charge in [-0.25, -0.2) is 0 Å². The molecule has 0 bridgehead atoms. The van der Waals surface area contributed by atoms with Crippen molar-refractivity contribution in [2.75, 3.05) is 13.1 Å². The largest absolute Gasteiger partial charge is 0.506 e. The Morgan fingerprint density at radius 1 is 1.19 bits per heavy atom. The molecule has 0 aliphatic heterocycles. The van der Waals surface area contributed by atoms with Gasteiger partial charge in [0.2, 0.25) is 0 Å². The first kappa shape index (κ1) is 13.6. The van der Waals surface area contributed by atoms with E-state index in [4.69, 9.17) is 28.9 Å². The zero-order valence-corrected chi connectivity index (χ0v) is 10.5. The van der Waals surface area contributed by atoms with Crippen molar-refractivity contribution in [1.29, 1.82) is 0 Å². The lowest BCUT2D eigenvalue weighted by molar-refractivity contribution is 0.475. The third-order valence-electron chi connectivity index (χ3n) is 2.27. The molecule has 90 valence electrons. The maximum atomic E-state index is 9.32. The van der Waals surface area contributed by atoms with Gasteiger partial charge in [0, 0.05) is 6.54 Å². The molecule has 0 atom stereocenters. The van der Waals surface area contributed by atoms with Crippen LogP contribution in [0.25, 0.3) is 0 Å². The summed E-state index contributed by atoms with van der Waals surface area (Å²) in [5.74, 6) is 0.0125. The number of halogens is 2. The molecule has 0 unspecified atom stereocenters. The number of phenolic OH excluding ortho intramolecular Hbond substituents is 1. The number of unbranched alkanes of at least 4 members (excludes halogenated alkanes) is 1. The van der Waals surface area contributed by atoms with Gasteiger partial charge in [0.05, 0.1) is 5.02 Å². The molecule has 0 fully saturated rings. The first-order valence-electron chi connectivity index (χ1n) is 5.23. The summed E-state index contributed by atoms with van der Waals surface area (Å²) in [7, 11) is 0. The fraction of sp³-hybridized carbons (Fsp3) is 0.455. The normalized spacial score (nSPS) is 10.7. The summed E-state index contributed by atoms with van der Waals surface area (Å²) < 4.78 is 0. The van der Waals surface area contributed by atoms with Crippen LogP contribution < -0.4 is 11.1 Å². The van der Waals surface area contributed by atoms with Crippen LogP contribution in [0, 0.1) is 0 Å². The topological polar surface area (TPSA) is 58.3 Å². The Labute approximate surface area is 106 Å². The Bertz CT molecular complexity index is 345. The van der Waals surface area contributed by atoms with Gasteiger partial charge in [-0.1, -0.05) is 29.3 Å². The number of hydrogen-bond donors (Lipinski definition) is 3. The summed E-state index contributed by atoms with van der Waals surface area (Å²) in [4.78, 5) is 0. The summed E-state index contributed by atoms with van der Waals surface area (Å²) >= 11 is 11.8. The minimum absolute atomic E-state index is 0.0125. The molecular formula is C11H16Cl2N2O. The summed E-state index contributed by atoms with van der Waals surface area (Å²) in [6, 6.07) is 3.31. The Balaban J connectivity index is 2.45. The van der Waals surface area contributed by atoms with Crippen LogP contribution >= 0.6 is 23.2 Å². The molecule has 0 aliphatic rings. The smallest absolute Gasteiger partial charge is 0.135 e. The Morgan fingerprint density at radius 2 is 1.94 bits per heavy atom. The number of phenols is 1. The highest BCUT2D eigenvalue weighted by molar-refractivity contribution is 6.43. The molecule has 0 spiro atoms. The molecule has 16 heavy (non-hydrogen) atoms. The minimum atomic E-state index is 0.0125. The third-order valence-corrected chi connectivity index (χ3v) is 3.18. The number of nitrogens with one attached hydrogen (secondary N) is 1. The number of nitrogens with two attached hydrogens (primary N) is 1. The lowest BCUT2D eigenvalue weighted by Crippen LogP contribution is -2.16. The molecule has 0 saturated carbocycles. The monoisotopic (exact) mass is 262 g/mol. The van der Waals surface area contributed by atoms with Gasteiger partial charge in [-0.05, 0) is 37.6 Å². The molecular weight excluding hydrogens is 247 g/mol. The summed E-state index contributed by atoms with van der Waals surface area (Å²) in [5, 5.41) is 13.2. The molecule has 0 aromatic heterocycles. The predicted molar refractivity (Wildman–Crippen MR) is 68.1 cm³/mol. The molecule has 1 aromatic carbocycles. The van der Waals surface area contributed by atoms with Gasteiger partial charge >= 0.3 is 0 Å². The number of rotatable bonds is 6. The zero-order chi connectivity index (χ0) is 12.0. The minimum Gasteiger partial charge on any atom is -0.506 e. The van der Waals surface area contributed by atoms with Crippen LogP contribution in [0.2, 0.25) is 10.0 Å². The first-order valence-corrected chi connectivity index (χ1v) is 5.99. The van der Waals surface area contributed by atoms with Crippen LogP contribution in [-0.4, -0.2) is 18.2 Å². The van der Waals surface area contributed by atoms with E-state index in [1.165, 1.54) is 0 Å². The van der Waals surface area contributed by atoms with Crippen LogP contribution in [0.15, 0.2) is 12.1 Å². The maximum absolute atomic E-state index is 9.32. The van der Waals surface area contributed by atoms with E-state index in [-0.39, 0.29) is 10.8 Å². The lowest BCUT2D eigenvalue weighted by Gasteiger charge is -2.08. The first-order chi connectivity index (χ1) is 7.66. The van der Waals surface area contributed by atoms with Gasteiger partial charge in [0.25, 0.3) is 0 Å². The van der Waals surface area contributed by atoms with Crippen LogP contribution in [-0.2, 0) is 6.54 Å². The highest BCUT2D eigenvalue weighted by atomic mass is 35.5. The molecule has 5 heteroatoms. The van der Waals surface area contributed by atoms with Crippen molar-refractivity contribution < 1.29 is 5.11 Å². The summed E-state index contributed by atoms with van der Waals surface area (Å²) in [5.41, 5.74) is 6.27. The van der Waals surface area contributed by atoms with Crippen molar-refractivity contribution in [1.82, 2.24) is 5.32 Å². The molecule has 3 nitrogen and oxygen atoms in total. The quantitative estimate of drug-likeness (QED) is 0.691. The number of aromatic hydroxyl groups is 1. The second-order valence-corrected chi connectivity index (χ2v) is 4.30. The third kappa shape index (κ3) is 3.83. The van der Waals surface area contributed by atoms with E-state index in [1.807, 2.05) is 0 Å². The Hall–Kier alpha value is -0.480. The fourth-order valence-electron chi connectivity index (χ4n) is 1.33. The highest BCUT2D eigenvalue weighted by Gasteiger charge is 2.08. The van der Waals surface area contributed by atoms with Crippen LogP contribution in [0.5, 0.6) is 5.75 Å². The SMILES string of the molecule is NCCCCNCc1ccc(O)c(Cl)c1Cl. The molecule has 1 aromatic rings. The van der Waals surface area contributed by atoms with Crippen LogP contribution in [0.1, 0.15) is 18.4 Å². The Kier molecular flexibility index (Phi) is 5.91. The fourth-order valence-corrected chi connectivity index (χ4v) is 1.74. The maximum Gasteiger partial charge on any atom is 0.135 e. The molecule has 0 heterocycles. The number of hydrogen-bond acceptors (Lipinski definition) is 3. The average molecular weight is 263 g/mol. The molecule has 0 saturated heterocycles. The van der Waals surface area contributed by atoms with Crippen molar-refractivity contribution >= 4 is 23.2 Å².